The fourth-order valence-corrected chi connectivity index (χ4v) is 1.90. The van der Waals surface area contributed by atoms with Crippen molar-refractivity contribution in [3.63, 3.8) is 0 Å². The molecule has 0 fully saturated rings. The molecular formula is C12H26O. The molecule has 1 unspecified atom stereocenters. The van der Waals surface area contributed by atoms with Gasteiger partial charge < -0.3 is 5.11 Å². The highest BCUT2D eigenvalue weighted by Crippen LogP contribution is 2.20. The van der Waals surface area contributed by atoms with Gasteiger partial charge >= 0.3 is 0 Å². The van der Waals surface area contributed by atoms with Gasteiger partial charge in [0, 0.05) is 6.61 Å². The van der Waals surface area contributed by atoms with Gasteiger partial charge in [-0.3, -0.25) is 0 Å². The largest absolute Gasteiger partial charge is 0.396 e. The molecule has 1 N–H and O–H groups in total. The van der Waals surface area contributed by atoms with E-state index < -0.39 is 0 Å². The first kappa shape index (κ1) is 13.0. The maximum Gasteiger partial charge on any atom is 0.0431 e. The molecule has 0 radical (unpaired) electrons. The summed E-state index contributed by atoms with van der Waals surface area (Å²) >= 11 is 0. The van der Waals surface area contributed by atoms with Gasteiger partial charge in [0.1, 0.15) is 0 Å². The molecule has 0 aliphatic rings. The molecule has 0 spiro atoms. The van der Waals surface area contributed by atoms with E-state index in [1.165, 1.54) is 44.9 Å². The summed E-state index contributed by atoms with van der Waals surface area (Å²) in [6.07, 6.45) is 10.3. The maximum atomic E-state index is 8.75. The first-order valence-corrected chi connectivity index (χ1v) is 5.96. The lowest BCUT2D eigenvalue weighted by Crippen LogP contribution is -2.01. The Labute approximate surface area is 83.5 Å². The first-order valence-electron chi connectivity index (χ1n) is 5.96. The van der Waals surface area contributed by atoms with Crippen molar-refractivity contribution < 1.29 is 5.11 Å². The van der Waals surface area contributed by atoms with Crippen LogP contribution < -0.4 is 0 Å². The number of rotatable bonds is 9. The van der Waals surface area contributed by atoms with E-state index in [2.05, 4.69) is 13.8 Å². The highest BCUT2D eigenvalue weighted by Gasteiger charge is 2.06. The van der Waals surface area contributed by atoms with Crippen LogP contribution in [-0.4, -0.2) is 11.7 Å². The third kappa shape index (κ3) is 8.29. The van der Waals surface area contributed by atoms with Gasteiger partial charge in [0.25, 0.3) is 0 Å². The zero-order valence-electron chi connectivity index (χ0n) is 9.39. The quantitative estimate of drug-likeness (QED) is 0.544. The van der Waals surface area contributed by atoms with E-state index >= 15 is 0 Å². The normalized spacial score (nSPS) is 13.2. The summed E-state index contributed by atoms with van der Waals surface area (Å²) in [7, 11) is 0. The number of hydrogen-bond acceptors (Lipinski definition) is 1. The minimum atomic E-state index is 0.369. The Balaban J connectivity index is 3.41. The lowest BCUT2D eigenvalue weighted by Gasteiger charge is -2.14. The van der Waals surface area contributed by atoms with E-state index in [9.17, 15) is 0 Å². The highest BCUT2D eigenvalue weighted by atomic mass is 16.2. The second-order valence-corrected chi connectivity index (χ2v) is 4.02. The van der Waals surface area contributed by atoms with Crippen LogP contribution in [0.2, 0.25) is 0 Å². The average Bonchev–Trinajstić information content (AvgIpc) is 2.14. The van der Waals surface area contributed by atoms with Crippen molar-refractivity contribution in [2.75, 3.05) is 6.61 Å². The van der Waals surface area contributed by atoms with Gasteiger partial charge in [-0.15, -0.1) is 0 Å². The summed E-state index contributed by atoms with van der Waals surface area (Å²) in [5, 5.41) is 8.75. The van der Waals surface area contributed by atoms with E-state index in [1.807, 2.05) is 0 Å². The topological polar surface area (TPSA) is 20.2 Å². The molecule has 0 bridgehead atoms. The van der Waals surface area contributed by atoms with Gasteiger partial charge in [-0.05, 0) is 18.8 Å². The van der Waals surface area contributed by atoms with Gasteiger partial charge in [0.05, 0.1) is 0 Å². The molecule has 0 rings (SSSR count). The molecule has 0 aromatic heterocycles. The molecule has 1 nitrogen and oxygen atoms in total. The molecule has 0 aromatic rings. The van der Waals surface area contributed by atoms with Crippen molar-refractivity contribution >= 4 is 0 Å². The summed E-state index contributed by atoms with van der Waals surface area (Å²) in [5.74, 6) is 0.878. The van der Waals surface area contributed by atoms with Crippen molar-refractivity contribution in [2.45, 2.75) is 65.2 Å². The van der Waals surface area contributed by atoms with Crippen molar-refractivity contribution in [3.8, 4) is 0 Å². The van der Waals surface area contributed by atoms with E-state index in [-0.39, 0.29) is 0 Å². The molecule has 0 heterocycles. The van der Waals surface area contributed by atoms with E-state index in [0.717, 1.165) is 12.3 Å². The standard InChI is InChI=1S/C12H26O/c1-3-5-6-9-12(8-4-2)10-7-11-13/h12-13H,3-11H2,1-2H3. The Morgan fingerprint density at radius 1 is 0.846 bits per heavy atom. The van der Waals surface area contributed by atoms with Crippen LogP contribution in [0.15, 0.2) is 0 Å². The van der Waals surface area contributed by atoms with Crippen molar-refractivity contribution in [3.05, 3.63) is 0 Å². The Kier molecular flexibility index (Phi) is 10.0. The lowest BCUT2D eigenvalue weighted by atomic mass is 9.92. The van der Waals surface area contributed by atoms with Crippen LogP contribution in [0.1, 0.15) is 65.2 Å². The van der Waals surface area contributed by atoms with Crippen LogP contribution in [0.5, 0.6) is 0 Å². The monoisotopic (exact) mass is 186 g/mol. The summed E-state index contributed by atoms with van der Waals surface area (Å²) in [6, 6.07) is 0. The van der Waals surface area contributed by atoms with Crippen LogP contribution in [0.25, 0.3) is 0 Å². The Bertz CT molecular complexity index is 91.1. The zero-order chi connectivity index (χ0) is 9.94. The van der Waals surface area contributed by atoms with E-state index in [1.54, 1.807) is 0 Å². The van der Waals surface area contributed by atoms with Crippen LogP contribution in [0, 0.1) is 5.92 Å². The van der Waals surface area contributed by atoms with Gasteiger partial charge in [0.2, 0.25) is 0 Å². The number of aliphatic hydroxyl groups is 1. The molecule has 0 saturated carbocycles. The SMILES string of the molecule is CCCCCC(CCC)CCCO. The van der Waals surface area contributed by atoms with Crippen LogP contribution in [0.4, 0.5) is 0 Å². The highest BCUT2D eigenvalue weighted by molar-refractivity contribution is 4.59. The maximum absolute atomic E-state index is 8.75. The molecule has 80 valence electrons. The first-order chi connectivity index (χ1) is 6.35. The Morgan fingerprint density at radius 3 is 2.08 bits per heavy atom. The Morgan fingerprint density at radius 2 is 1.54 bits per heavy atom. The zero-order valence-corrected chi connectivity index (χ0v) is 9.39. The third-order valence-corrected chi connectivity index (χ3v) is 2.68. The van der Waals surface area contributed by atoms with Crippen molar-refractivity contribution in [1.29, 1.82) is 0 Å². The van der Waals surface area contributed by atoms with Gasteiger partial charge in [0.15, 0.2) is 0 Å². The minimum Gasteiger partial charge on any atom is -0.396 e. The number of hydrogen-bond donors (Lipinski definition) is 1. The second-order valence-electron chi connectivity index (χ2n) is 4.02. The fraction of sp³-hybridized carbons (Fsp3) is 1.00. The summed E-state index contributed by atoms with van der Waals surface area (Å²) in [5.41, 5.74) is 0. The fourth-order valence-electron chi connectivity index (χ4n) is 1.90. The van der Waals surface area contributed by atoms with Crippen molar-refractivity contribution in [2.24, 2.45) is 5.92 Å². The molecular weight excluding hydrogens is 160 g/mol. The predicted octanol–water partition coefficient (Wildman–Crippen LogP) is 3.76. The van der Waals surface area contributed by atoms with Crippen LogP contribution in [-0.2, 0) is 0 Å². The predicted molar refractivity (Wildman–Crippen MR) is 58.9 cm³/mol. The van der Waals surface area contributed by atoms with Crippen LogP contribution >= 0.6 is 0 Å². The third-order valence-electron chi connectivity index (χ3n) is 2.68. The van der Waals surface area contributed by atoms with E-state index in [0.29, 0.717) is 6.61 Å². The average molecular weight is 186 g/mol. The molecule has 1 heteroatoms. The molecule has 13 heavy (non-hydrogen) atoms. The molecule has 0 aromatic carbocycles. The molecule has 1 atom stereocenters. The summed E-state index contributed by atoms with van der Waals surface area (Å²) in [6.45, 7) is 4.88. The lowest BCUT2D eigenvalue weighted by molar-refractivity contribution is 0.263. The van der Waals surface area contributed by atoms with Crippen molar-refractivity contribution in [1.82, 2.24) is 0 Å². The molecule has 0 aliphatic heterocycles. The van der Waals surface area contributed by atoms with Gasteiger partial charge in [-0.2, -0.15) is 0 Å². The van der Waals surface area contributed by atoms with Crippen LogP contribution in [0.3, 0.4) is 0 Å². The minimum absolute atomic E-state index is 0.369. The molecule has 0 amide bonds. The van der Waals surface area contributed by atoms with E-state index in [4.69, 9.17) is 5.11 Å². The number of unbranched alkanes of at least 4 members (excludes halogenated alkanes) is 2. The Hall–Kier alpha value is -0.0400. The van der Waals surface area contributed by atoms with Gasteiger partial charge in [-0.25, -0.2) is 0 Å². The summed E-state index contributed by atoms with van der Waals surface area (Å²) in [4.78, 5) is 0. The number of aliphatic hydroxyl groups excluding tert-OH is 1. The summed E-state index contributed by atoms with van der Waals surface area (Å²) < 4.78 is 0. The molecule has 0 saturated heterocycles. The van der Waals surface area contributed by atoms with Gasteiger partial charge in [-0.1, -0.05) is 52.4 Å². The smallest absolute Gasteiger partial charge is 0.0431 e. The second kappa shape index (κ2) is 10.0. The molecule has 0 aliphatic carbocycles.